The Labute approximate surface area is 214 Å². The summed E-state index contributed by atoms with van der Waals surface area (Å²) in [7, 11) is 0. The Morgan fingerprint density at radius 3 is 2.32 bits per heavy atom. The first kappa shape index (κ1) is 26.7. The van der Waals surface area contributed by atoms with Crippen LogP contribution >= 0.6 is 23.2 Å². The van der Waals surface area contributed by atoms with Gasteiger partial charge in [0.15, 0.2) is 5.82 Å². The van der Waals surface area contributed by atoms with Crippen LogP contribution in [-0.2, 0) is 19.4 Å². The standard InChI is InChI=1S/C28H36Cl2N3O/c1-2-3-4-5-6-7-8-9-10-14-27-32-28(34-33-27)24-13-11-12-23(19-24)21-31-18-17-22-15-16-25(29)26(30)20-22/h11-13,15-16,19-20H,2-10,14,17-18,21H2,1H3. The highest BCUT2D eigenvalue weighted by Crippen LogP contribution is 2.23. The Hall–Kier alpha value is -1.88. The number of halogens is 2. The molecule has 0 fully saturated rings. The van der Waals surface area contributed by atoms with Crippen molar-refractivity contribution in [3.05, 3.63) is 69.5 Å². The molecule has 0 aliphatic carbocycles. The Bertz CT molecular complexity index is 989. The van der Waals surface area contributed by atoms with Crippen LogP contribution in [0.5, 0.6) is 0 Å². The first-order chi connectivity index (χ1) is 16.7. The fourth-order valence-electron chi connectivity index (χ4n) is 3.98. The SMILES string of the molecule is CCCCCCCCCCCc1noc(-c2cccc(C[N]CCc3ccc(Cl)c(Cl)c3)c2)n1. The van der Waals surface area contributed by atoms with Crippen LogP contribution in [0.1, 0.15) is 81.7 Å². The predicted octanol–water partition coefficient (Wildman–Crippen LogP) is 8.46. The summed E-state index contributed by atoms with van der Waals surface area (Å²) in [6.07, 6.45) is 13.5. The summed E-state index contributed by atoms with van der Waals surface area (Å²) in [6, 6.07) is 13.9. The first-order valence-corrected chi connectivity index (χ1v) is 13.4. The van der Waals surface area contributed by atoms with Gasteiger partial charge in [0.25, 0.3) is 5.89 Å². The van der Waals surface area contributed by atoms with Crippen LogP contribution < -0.4 is 5.32 Å². The van der Waals surface area contributed by atoms with Crippen LogP contribution in [0.4, 0.5) is 0 Å². The minimum atomic E-state index is 0.580. The highest BCUT2D eigenvalue weighted by Gasteiger charge is 2.09. The lowest BCUT2D eigenvalue weighted by atomic mass is 10.1. The molecule has 183 valence electrons. The molecule has 4 nitrogen and oxygen atoms in total. The fourth-order valence-corrected chi connectivity index (χ4v) is 4.30. The maximum Gasteiger partial charge on any atom is 0.257 e. The number of aryl methyl sites for hydroxylation is 1. The largest absolute Gasteiger partial charge is 0.334 e. The number of hydrogen-bond acceptors (Lipinski definition) is 3. The van der Waals surface area contributed by atoms with Crippen molar-refractivity contribution in [2.24, 2.45) is 0 Å². The zero-order valence-corrected chi connectivity index (χ0v) is 21.8. The summed E-state index contributed by atoms with van der Waals surface area (Å²) in [4.78, 5) is 4.61. The Kier molecular flexibility index (Phi) is 11.9. The molecule has 2 aromatic carbocycles. The van der Waals surface area contributed by atoms with Crippen LogP contribution in [0, 0.1) is 0 Å². The second-order valence-corrected chi connectivity index (χ2v) is 9.71. The van der Waals surface area contributed by atoms with Gasteiger partial charge in [-0.3, -0.25) is 0 Å². The van der Waals surface area contributed by atoms with Crippen molar-refractivity contribution < 1.29 is 4.52 Å². The van der Waals surface area contributed by atoms with Crippen LogP contribution in [-0.4, -0.2) is 16.7 Å². The Balaban J connectivity index is 1.36. The molecule has 1 aromatic heterocycles. The number of unbranched alkanes of at least 4 members (excludes halogenated alkanes) is 8. The maximum atomic E-state index is 6.08. The lowest BCUT2D eigenvalue weighted by Crippen LogP contribution is -2.09. The van der Waals surface area contributed by atoms with Gasteiger partial charge in [-0.05, 0) is 48.2 Å². The van der Waals surface area contributed by atoms with Gasteiger partial charge in [-0.1, -0.05) is 105 Å². The average molecular weight is 502 g/mol. The van der Waals surface area contributed by atoms with E-state index in [1.54, 1.807) is 0 Å². The zero-order chi connectivity index (χ0) is 24.0. The molecule has 0 unspecified atom stereocenters. The molecule has 0 aliphatic heterocycles. The van der Waals surface area contributed by atoms with Gasteiger partial charge >= 0.3 is 0 Å². The molecule has 0 spiro atoms. The van der Waals surface area contributed by atoms with Crippen LogP contribution in [0.3, 0.4) is 0 Å². The molecule has 34 heavy (non-hydrogen) atoms. The summed E-state index contributed by atoms with van der Waals surface area (Å²) < 4.78 is 5.53. The molecular weight excluding hydrogens is 465 g/mol. The smallest absolute Gasteiger partial charge is 0.257 e. The summed E-state index contributed by atoms with van der Waals surface area (Å²) in [6.45, 7) is 3.64. The normalized spacial score (nSPS) is 11.3. The van der Waals surface area contributed by atoms with Crippen molar-refractivity contribution in [2.45, 2.75) is 84.1 Å². The number of nitrogens with zero attached hydrogens (tertiary/aromatic N) is 3. The molecular formula is C28H36Cl2N3O. The molecule has 0 atom stereocenters. The van der Waals surface area contributed by atoms with E-state index < -0.39 is 0 Å². The van der Waals surface area contributed by atoms with Gasteiger partial charge in [-0.25, -0.2) is 5.32 Å². The average Bonchev–Trinajstić information content (AvgIpc) is 3.32. The van der Waals surface area contributed by atoms with Gasteiger partial charge in [0.1, 0.15) is 0 Å². The van der Waals surface area contributed by atoms with Gasteiger partial charge in [-0.15, -0.1) is 0 Å². The molecule has 0 saturated heterocycles. The first-order valence-electron chi connectivity index (χ1n) is 12.6. The zero-order valence-electron chi connectivity index (χ0n) is 20.2. The molecule has 0 N–H and O–H groups in total. The van der Waals surface area contributed by atoms with Gasteiger partial charge in [-0.2, -0.15) is 4.98 Å². The topological polar surface area (TPSA) is 53.0 Å². The molecule has 0 bridgehead atoms. The van der Waals surface area contributed by atoms with E-state index >= 15 is 0 Å². The molecule has 3 aromatic rings. The third-order valence-electron chi connectivity index (χ3n) is 5.98. The van der Waals surface area contributed by atoms with Crippen molar-refractivity contribution in [1.82, 2.24) is 15.5 Å². The second kappa shape index (κ2) is 15.2. The molecule has 6 heteroatoms. The summed E-state index contributed by atoms with van der Waals surface area (Å²) in [5.74, 6) is 1.39. The van der Waals surface area contributed by atoms with Crippen molar-refractivity contribution in [2.75, 3.05) is 6.54 Å². The van der Waals surface area contributed by atoms with Crippen molar-refractivity contribution >= 4 is 23.2 Å². The number of benzene rings is 2. The molecule has 0 amide bonds. The predicted molar refractivity (Wildman–Crippen MR) is 142 cm³/mol. The molecule has 0 aliphatic rings. The summed E-state index contributed by atoms with van der Waals surface area (Å²) in [5.41, 5.74) is 3.21. The van der Waals surface area contributed by atoms with Crippen molar-refractivity contribution in [1.29, 1.82) is 0 Å². The number of rotatable bonds is 16. The molecule has 1 heterocycles. The second-order valence-electron chi connectivity index (χ2n) is 8.90. The fraction of sp³-hybridized carbons (Fsp3) is 0.500. The summed E-state index contributed by atoms with van der Waals surface area (Å²) in [5, 5.41) is 10.0. The number of hydrogen-bond donors (Lipinski definition) is 0. The molecule has 0 saturated carbocycles. The van der Waals surface area contributed by atoms with Gasteiger partial charge in [0.05, 0.1) is 10.0 Å². The monoisotopic (exact) mass is 500 g/mol. The van der Waals surface area contributed by atoms with Gasteiger partial charge in [0, 0.05) is 25.1 Å². The molecule has 3 rings (SSSR count). The molecule has 1 radical (unpaired) electrons. The van der Waals surface area contributed by atoms with E-state index in [-0.39, 0.29) is 0 Å². The lowest BCUT2D eigenvalue weighted by molar-refractivity contribution is 0.420. The third kappa shape index (κ3) is 9.40. The maximum absolute atomic E-state index is 6.08. The van der Waals surface area contributed by atoms with E-state index in [0.717, 1.165) is 48.3 Å². The van der Waals surface area contributed by atoms with E-state index in [4.69, 9.17) is 27.7 Å². The van der Waals surface area contributed by atoms with Crippen LogP contribution in [0.15, 0.2) is 47.0 Å². The quantitative estimate of drug-likeness (QED) is 0.185. The third-order valence-corrected chi connectivity index (χ3v) is 6.72. The Morgan fingerprint density at radius 1 is 0.794 bits per heavy atom. The minimum absolute atomic E-state index is 0.580. The van der Waals surface area contributed by atoms with Crippen LogP contribution in [0.2, 0.25) is 10.0 Å². The number of aromatic nitrogens is 2. The van der Waals surface area contributed by atoms with E-state index in [2.05, 4.69) is 34.5 Å². The minimum Gasteiger partial charge on any atom is -0.334 e. The van der Waals surface area contributed by atoms with Gasteiger partial charge in [0.2, 0.25) is 0 Å². The van der Waals surface area contributed by atoms with Crippen molar-refractivity contribution in [3.63, 3.8) is 0 Å². The van der Waals surface area contributed by atoms with E-state index in [1.165, 1.54) is 51.4 Å². The van der Waals surface area contributed by atoms with Crippen LogP contribution in [0.25, 0.3) is 11.5 Å². The van der Waals surface area contributed by atoms with Gasteiger partial charge < -0.3 is 4.52 Å². The lowest BCUT2D eigenvalue weighted by Gasteiger charge is -2.05. The van der Waals surface area contributed by atoms with Crippen molar-refractivity contribution in [3.8, 4) is 11.5 Å². The van der Waals surface area contributed by atoms with E-state index in [1.807, 2.05) is 30.3 Å². The summed E-state index contributed by atoms with van der Waals surface area (Å²) >= 11 is 12.1. The van der Waals surface area contributed by atoms with E-state index in [9.17, 15) is 0 Å². The Morgan fingerprint density at radius 2 is 1.56 bits per heavy atom. The highest BCUT2D eigenvalue weighted by atomic mass is 35.5. The highest BCUT2D eigenvalue weighted by molar-refractivity contribution is 6.42. The van der Waals surface area contributed by atoms with E-state index in [0.29, 0.717) is 22.5 Å².